The summed E-state index contributed by atoms with van der Waals surface area (Å²) in [5.41, 5.74) is -0.891. The number of hydrogen-bond acceptors (Lipinski definition) is 4. The molecule has 4 nitrogen and oxygen atoms in total. The summed E-state index contributed by atoms with van der Waals surface area (Å²) in [4.78, 5) is 15.8. The van der Waals surface area contributed by atoms with Gasteiger partial charge in [0.2, 0.25) is 0 Å². The maximum Gasteiger partial charge on any atom is 0.323 e. The fourth-order valence-electron chi connectivity index (χ4n) is 1.89. The van der Waals surface area contributed by atoms with Crippen LogP contribution in [0, 0.1) is 0 Å². The third-order valence-electron chi connectivity index (χ3n) is 2.96. The molecule has 1 aromatic heterocycles. The lowest BCUT2D eigenvalue weighted by Crippen LogP contribution is -2.51. The third-order valence-corrected chi connectivity index (χ3v) is 4.48. The van der Waals surface area contributed by atoms with Crippen LogP contribution < -0.4 is 5.32 Å². The smallest absolute Gasteiger partial charge is 0.323 e. The molecule has 2 unspecified atom stereocenters. The van der Waals surface area contributed by atoms with Gasteiger partial charge in [0.25, 0.3) is 0 Å². The Hall–Kier alpha value is -0.590. The molecule has 0 bridgehead atoms. The molecule has 1 aromatic rings. The molecule has 0 radical (unpaired) electrons. The molecule has 2 N–H and O–H groups in total. The Balaban J connectivity index is 2.64. The monoisotopic (exact) mass is 360 g/mol. The van der Waals surface area contributed by atoms with Crippen molar-refractivity contribution in [3.63, 3.8) is 0 Å². The number of thioether (sulfide) groups is 1. The van der Waals surface area contributed by atoms with Crippen LogP contribution in [0.1, 0.15) is 33.6 Å². The van der Waals surface area contributed by atoms with Crippen LogP contribution in [0.5, 0.6) is 0 Å². The largest absolute Gasteiger partial charge is 0.480 e. The SMILES string of the molecule is CCCNC(C)(CC(C)Sc1ccc(Br)cn1)C(=O)O. The van der Waals surface area contributed by atoms with Gasteiger partial charge >= 0.3 is 5.97 Å². The van der Waals surface area contributed by atoms with E-state index in [1.54, 1.807) is 24.9 Å². The van der Waals surface area contributed by atoms with Gasteiger partial charge in [0.1, 0.15) is 5.54 Å². The molecule has 0 saturated heterocycles. The van der Waals surface area contributed by atoms with Gasteiger partial charge in [0.15, 0.2) is 0 Å². The van der Waals surface area contributed by atoms with E-state index in [0.29, 0.717) is 13.0 Å². The van der Waals surface area contributed by atoms with Crippen molar-refractivity contribution in [3.05, 3.63) is 22.8 Å². The zero-order valence-electron chi connectivity index (χ0n) is 12.0. The molecule has 0 aliphatic heterocycles. The lowest BCUT2D eigenvalue weighted by molar-refractivity contribution is -0.144. The Morgan fingerprint density at radius 1 is 1.60 bits per heavy atom. The van der Waals surface area contributed by atoms with Crippen molar-refractivity contribution >= 4 is 33.7 Å². The van der Waals surface area contributed by atoms with Crippen molar-refractivity contribution in [2.45, 2.75) is 49.4 Å². The Kier molecular flexibility index (Phi) is 6.99. The maximum absolute atomic E-state index is 11.5. The third kappa shape index (κ3) is 5.42. The van der Waals surface area contributed by atoms with Gasteiger partial charge < -0.3 is 10.4 Å². The number of halogens is 1. The van der Waals surface area contributed by atoms with E-state index in [4.69, 9.17) is 0 Å². The average molecular weight is 361 g/mol. The normalized spacial score (nSPS) is 15.6. The lowest BCUT2D eigenvalue weighted by atomic mass is 9.96. The Morgan fingerprint density at radius 2 is 2.30 bits per heavy atom. The highest BCUT2D eigenvalue weighted by Gasteiger charge is 2.34. The van der Waals surface area contributed by atoms with Gasteiger partial charge in [0, 0.05) is 15.9 Å². The van der Waals surface area contributed by atoms with E-state index in [1.807, 2.05) is 26.0 Å². The molecule has 2 atom stereocenters. The number of nitrogens with zero attached hydrogens (tertiary/aromatic N) is 1. The van der Waals surface area contributed by atoms with Gasteiger partial charge in [-0.15, -0.1) is 11.8 Å². The van der Waals surface area contributed by atoms with Crippen molar-refractivity contribution in [2.24, 2.45) is 0 Å². The van der Waals surface area contributed by atoms with E-state index in [2.05, 4.69) is 26.2 Å². The summed E-state index contributed by atoms with van der Waals surface area (Å²) in [6.07, 6.45) is 3.21. The molecule has 6 heteroatoms. The number of pyridine rings is 1. The second-order valence-corrected chi connectivity index (χ2v) is 7.39. The van der Waals surface area contributed by atoms with Crippen LogP contribution in [0.4, 0.5) is 0 Å². The fourth-order valence-corrected chi connectivity index (χ4v) is 3.21. The Labute approximate surface area is 132 Å². The van der Waals surface area contributed by atoms with Gasteiger partial charge in [-0.25, -0.2) is 4.98 Å². The second kappa shape index (κ2) is 8.00. The van der Waals surface area contributed by atoms with Crippen LogP contribution in [0.25, 0.3) is 0 Å². The van der Waals surface area contributed by atoms with Crippen molar-refractivity contribution in [1.29, 1.82) is 0 Å². The van der Waals surface area contributed by atoms with E-state index >= 15 is 0 Å². The fraction of sp³-hybridized carbons (Fsp3) is 0.571. The lowest BCUT2D eigenvalue weighted by Gasteiger charge is -2.28. The number of carboxylic acid groups (broad SMARTS) is 1. The summed E-state index contributed by atoms with van der Waals surface area (Å²) < 4.78 is 0.939. The van der Waals surface area contributed by atoms with Gasteiger partial charge in [-0.2, -0.15) is 0 Å². The second-order valence-electron chi connectivity index (χ2n) is 5.01. The molecule has 1 rings (SSSR count). The minimum Gasteiger partial charge on any atom is -0.480 e. The summed E-state index contributed by atoms with van der Waals surface area (Å²) in [7, 11) is 0. The molecule has 1 heterocycles. The Morgan fingerprint density at radius 3 is 2.80 bits per heavy atom. The quantitative estimate of drug-likeness (QED) is 0.694. The van der Waals surface area contributed by atoms with E-state index < -0.39 is 11.5 Å². The summed E-state index contributed by atoms with van der Waals surface area (Å²) in [6, 6.07) is 3.87. The molecule has 0 aliphatic carbocycles. The number of aliphatic carboxylic acids is 1. The highest BCUT2D eigenvalue weighted by Crippen LogP contribution is 2.28. The molecule has 0 aromatic carbocycles. The number of carbonyl (C=O) groups is 1. The Bertz CT molecular complexity index is 441. The summed E-state index contributed by atoms with van der Waals surface area (Å²) in [5.74, 6) is -0.804. The molecule has 20 heavy (non-hydrogen) atoms. The standard InChI is InChI=1S/C14H21BrN2O2S/c1-4-7-17-14(3,13(18)19)8-10(2)20-12-6-5-11(15)9-16-12/h5-6,9-10,17H,4,7-8H2,1-3H3,(H,18,19). The summed E-state index contributed by atoms with van der Waals surface area (Å²) >= 11 is 4.94. The highest BCUT2D eigenvalue weighted by atomic mass is 79.9. The van der Waals surface area contributed by atoms with E-state index in [0.717, 1.165) is 15.9 Å². The zero-order chi connectivity index (χ0) is 15.2. The summed E-state index contributed by atoms with van der Waals surface area (Å²) in [5, 5.41) is 13.6. The van der Waals surface area contributed by atoms with E-state index in [-0.39, 0.29) is 5.25 Å². The molecule has 0 saturated carbocycles. The molecule has 0 amide bonds. The zero-order valence-corrected chi connectivity index (χ0v) is 14.4. The first-order valence-electron chi connectivity index (χ1n) is 6.64. The first-order valence-corrected chi connectivity index (χ1v) is 8.31. The molecule has 0 spiro atoms. The number of carboxylic acids is 1. The first-order chi connectivity index (χ1) is 9.37. The van der Waals surface area contributed by atoms with Gasteiger partial charge in [-0.05, 0) is 54.4 Å². The molecular formula is C14H21BrN2O2S. The minimum absolute atomic E-state index is 0.161. The topological polar surface area (TPSA) is 62.2 Å². The van der Waals surface area contributed by atoms with Crippen LogP contribution in [0.15, 0.2) is 27.8 Å². The van der Waals surface area contributed by atoms with Gasteiger partial charge in [-0.1, -0.05) is 13.8 Å². The van der Waals surface area contributed by atoms with Gasteiger partial charge in [0.05, 0.1) is 5.03 Å². The predicted molar refractivity (Wildman–Crippen MR) is 86.2 cm³/mol. The van der Waals surface area contributed by atoms with E-state index in [9.17, 15) is 9.90 Å². The van der Waals surface area contributed by atoms with Crippen LogP contribution in [-0.2, 0) is 4.79 Å². The van der Waals surface area contributed by atoms with Crippen LogP contribution >= 0.6 is 27.7 Å². The maximum atomic E-state index is 11.5. The predicted octanol–water partition coefficient (Wildman–Crippen LogP) is 3.56. The molecule has 0 aliphatic rings. The molecule has 112 valence electrons. The number of nitrogens with one attached hydrogen (secondary N) is 1. The van der Waals surface area contributed by atoms with Crippen LogP contribution in [-0.4, -0.2) is 33.4 Å². The summed E-state index contributed by atoms with van der Waals surface area (Å²) in [6.45, 7) is 6.51. The average Bonchev–Trinajstić information content (AvgIpc) is 2.39. The van der Waals surface area contributed by atoms with Crippen molar-refractivity contribution in [2.75, 3.05) is 6.54 Å². The van der Waals surface area contributed by atoms with Crippen LogP contribution in [0.3, 0.4) is 0 Å². The minimum atomic E-state index is -0.891. The number of rotatable bonds is 8. The van der Waals surface area contributed by atoms with Crippen molar-refractivity contribution in [1.82, 2.24) is 10.3 Å². The van der Waals surface area contributed by atoms with Gasteiger partial charge in [-0.3, -0.25) is 4.79 Å². The van der Waals surface area contributed by atoms with E-state index in [1.165, 1.54) is 0 Å². The highest BCUT2D eigenvalue weighted by molar-refractivity contribution is 9.10. The van der Waals surface area contributed by atoms with Crippen molar-refractivity contribution < 1.29 is 9.90 Å². The molecule has 0 fully saturated rings. The van der Waals surface area contributed by atoms with Crippen molar-refractivity contribution in [3.8, 4) is 0 Å². The van der Waals surface area contributed by atoms with Crippen LogP contribution in [0.2, 0.25) is 0 Å². The number of hydrogen-bond donors (Lipinski definition) is 2. The molecular weight excluding hydrogens is 340 g/mol. The number of aromatic nitrogens is 1. The first kappa shape index (κ1) is 17.5.